The average molecular weight is 202 g/mol. The van der Waals surface area contributed by atoms with Crippen LogP contribution in [0.2, 0.25) is 0 Å². The van der Waals surface area contributed by atoms with Crippen molar-refractivity contribution in [2.45, 2.75) is 73.3 Å². The molecule has 0 aromatic rings. The van der Waals surface area contributed by atoms with E-state index in [9.17, 15) is 5.11 Å². The van der Waals surface area contributed by atoms with E-state index in [-0.39, 0.29) is 20.5 Å². The van der Waals surface area contributed by atoms with Crippen LogP contribution in [-0.2, 0) is 0 Å². The van der Waals surface area contributed by atoms with Gasteiger partial charge in [-0.15, -0.1) is 0 Å². The third-order valence-electron chi connectivity index (χ3n) is 3.28. The molecular formula is C13H30O. The molecule has 1 heteroatoms. The SMILES string of the molecule is C.C.CCC1CC(CC)CC(C)(O)C1. The van der Waals surface area contributed by atoms with Crippen LogP contribution in [-0.4, -0.2) is 10.7 Å². The molecule has 2 unspecified atom stereocenters. The molecule has 0 saturated heterocycles. The Morgan fingerprint density at radius 3 is 1.71 bits per heavy atom. The average Bonchev–Trinajstić information content (AvgIpc) is 2.01. The van der Waals surface area contributed by atoms with Gasteiger partial charge in [0, 0.05) is 0 Å². The first-order valence-electron chi connectivity index (χ1n) is 5.29. The molecule has 0 spiro atoms. The fourth-order valence-electron chi connectivity index (χ4n) is 2.59. The van der Waals surface area contributed by atoms with E-state index in [1.54, 1.807) is 0 Å². The fraction of sp³-hybridized carbons (Fsp3) is 1.00. The number of rotatable bonds is 2. The first kappa shape index (κ1) is 16.4. The molecule has 0 amide bonds. The van der Waals surface area contributed by atoms with Crippen LogP contribution in [0.15, 0.2) is 0 Å². The van der Waals surface area contributed by atoms with Crippen molar-refractivity contribution in [3.05, 3.63) is 0 Å². The topological polar surface area (TPSA) is 20.2 Å². The summed E-state index contributed by atoms with van der Waals surface area (Å²) in [7, 11) is 0. The Balaban J connectivity index is 0. The minimum atomic E-state index is -0.375. The summed E-state index contributed by atoms with van der Waals surface area (Å²) in [5.41, 5.74) is -0.375. The van der Waals surface area contributed by atoms with Crippen LogP contribution in [0.3, 0.4) is 0 Å². The minimum absolute atomic E-state index is 0. The predicted molar refractivity (Wildman–Crippen MR) is 65.5 cm³/mol. The highest BCUT2D eigenvalue weighted by Gasteiger charge is 2.33. The normalized spacial score (nSPS) is 36.9. The third-order valence-corrected chi connectivity index (χ3v) is 3.28. The lowest BCUT2D eigenvalue weighted by molar-refractivity contribution is -0.0232. The van der Waals surface area contributed by atoms with Crippen molar-refractivity contribution in [1.82, 2.24) is 0 Å². The molecule has 1 fully saturated rings. The quantitative estimate of drug-likeness (QED) is 0.710. The van der Waals surface area contributed by atoms with E-state index < -0.39 is 0 Å². The van der Waals surface area contributed by atoms with E-state index in [1.807, 2.05) is 6.92 Å². The van der Waals surface area contributed by atoms with Gasteiger partial charge in [-0.2, -0.15) is 0 Å². The molecule has 1 aliphatic carbocycles. The van der Waals surface area contributed by atoms with Gasteiger partial charge in [-0.1, -0.05) is 41.5 Å². The van der Waals surface area contributed by atoms with Gasteiger partial charge in [-0.25, -0.2) is 0 Å². The van der Waals surface area contributed by atoms with Gasteiger partial charge in [-0.3, -0.25) is 0 Å². The smallest absolute Gasteiger partial charge is 0.0625 e. The molecule has 0 aliphatic heterocycles. The van der Waals surface area contributed by atoms with Gasteiger partial charge < -0.3 is 5.11 Å². The fourth-order valence-corrected chi connectivity index (χ4v) is 2.59. The van der Waals surface area contributed by atoms with E-state index in [0.29, 0.717) is 0 Å². The molecule has 2 atom stereocenters. The highest BCUT2D eigenvalue weighted by molar-refractivity contribution is 4.85. The Bertz CT molecular complexity index is 126. The summed E-state index contributed by atoms with van der Waals surface area (Å²) < 4.78 is 0. The van der Waals surface area contributed by atoms with Crippen LogP contribution in [0.4, 0.5) is 0 Å². The van der Waals surface area contributed by atoms with Crippen LogP contribution in [0.25, 0.3) is 0 Å². The van der Waals surface area contributed by atoms with E-state index in [0.717, 1.165) is 24.7 Å². The molecule has 0 radical (unpaired) electrons. The summed E-state index contributed by atoms with van der Waals surface area (Å²) in [6, 6.07) is 0. The predicted octanol–water partition coefficient (Wildman–Crippen LogP) is 4.25. The largest absolute Gasteiger partial charge is 0.390 e. The second kappa shape index (κ2) is 6.44. The molecule has 1 aliphatic rings. The van der Waals surface area contributed by atoms with E-state index in [4.69, 9.17) is 0 Å². The maximum Gasteiger partial charge on any atom is 0.0625 e. The van der Waals surface area contributed by atoms with Gasteiger partial charge in [0.1, 0.15) is 0 Å². The van der Waals surface area contributed by atoms with Crippen molar-refractivity contribution >= 4 is 0 Å². The summed E-state index contributed by atoms with van der Waals surface area (Å²) >= 11 is 0. The Morgan fingerprint density at radius 2 is 1.43 bits per heavy atom. The Labute approximate surface area is 90.9 Å². The van der Waals surface area contributed by atoms with E-state index in [1.165, 1.54) is 19.3 Å². The molecule has 0 aromatic carbocycles. The highest BCUT2D eigenvalue weighted by Crippen LogP contribution is 2.38. The lowest BCUT2D eigenvalue weighted by Crippen LogP contribution is -2.36. The summed E-state index contributed by atoms with van der Waals surface area (Å²) in [6.45, 7) is 6.47. The van der Waals surface area contributed by atoms with Crippen molar-refractivity contribution in [2.24, 2.45) is 11.8 Å². The molecule has 1 N–H and O–H groups in total. The Kier molecular flexibility index (Phi) is 7.55. The highest BCUT2D eigenvalue weighted by atomic mass is 16.3. The van der Waals surface area contributed by atoms with Crippen molar-refractivity contribution < 1.29 is 5.11 Å². The van der Waals surface area contributed by atoms with Crippen LogP contribution in [0.5, 0.6) is 0 Å². The summed E-state index contributed by atoms with van der Waals surface area (Å²) in [6.07, 6.45) is 5.82. The Morgan fingerprint density at radius 1 is 1.07 bits per heavy atom. The van der Waals surface area contributed by atoms with Crippen molar-refractivity contribution in [1.29, 1.82) is 0 Å². The van der Waals surface area contributed by atoms with Crippen molar-refractivity contribution in [3.63, 3.8) is 0 Å². The molecule has 0 bridgehead atoms. The molecule has 88 valence electrons. The summed E-state index contributed by atoms with van der Waals surface area (Å²) in [5.74, 6) is 1.53. The van der Waals surface area contributed by atoms with Gasteiger partial charge in [0.2, 0.25) is 0 Å². The third kappa shape index (κ3) is 4.45. The number of hydrogen-bond acceptors (Lipinski definition) is 1. The van der Waals surface area contributed by atoms with Crippen LogP contribution in [0, 0.1) is 11.8 Å². The first-order valence-corrected chi connectivity index (χ1v) is 5.29. The second-order valence-corrected chi connectivity index (χ2v) is 4.69. The van der Waals surface area contributed by atoms with Crippen LogP contribution < -0.4 is 0 Å². The summed E-state index contributed by atoms with van der Waals surface area (Å²) in [5, 5.41) is 9.98. The monoisotopic (exact) mass is 202 g/mol. The zero-order valence-electron chi connectivity index (χ0n) is 8.64. The number of hydrogen-bond donors (Lipinski definition) is 1. The minimum Gasteiger partial charge on any atom is -0.390 e. The molecule has 1 rings (SSSR count). The lowest BCUT2D eigenvalue weighted by Gasteiger charge is -2.38. The molecular weight excluding hydrogens is 172 g/mol. The van der Waals surface area contributed by atoms with Crippen molar-refractivity contribution in [2.75, 3.05) is 0 Å². The second-order valence-electron chi connectivity index (χ2n) is 4.69. The zero-order valence-corrected chi connectivity index (χ0v) is 8.64. The molecule has 1 nitrogen and oxygen atoms in total. The summed E-state index contributed by atoms with van der Waals surface area (Å²) in [4.78, 5) is 0. The Hall–Kier alpha value is -0.0400. The standard InChI is InChI=1S/C11H22O.2CH4/c1-4-9-6-10(5-2)8-11(3,12)7-9;;/h9-10,12H,4-8H2,1-3H3;2*1H4. The van der Waals surface area contributed by atoms with Gasteiger partial charge in [0.05, 0.1) is 5.60 Å². The van der Waals surface area contributed by atoms with Crippen molar-refractivity contribution in [3.8, 4) is 0 Å². The van der Waals surface area contributed by atoms with Gasteiger partial charge >= 0.3 is 0 Å². The van der Waals surface area contributed by atoms with E-state index >= 15 is 0 Å². The zero-order chi connectivity index (χ0) is 9.19. The lowest BCUT2D eigenvalue weighted by atomic mass is 9.71. The molecule has 14 heavy (non-hydrogen) atoms. The van der Waals surface area contributed by atoms with Crippen LogP contribution in [0.1, 0.15) is 67.7 Å². The maximum atomic E-state index is 9.98. The molecule has 0 heterocycles. The van der Waals surface area contributed by atoms with Gasteiger partial charge in [0.15, 0.2) is 0 Å². The van der Waals surface area contributed by atoms with E-state index in [2.05, 4.69) is 13.8 Å². The first-order chi connectivity index (χ1) is 5.57. The van der Waals surface area contributed by atoms with Crippen LogP contribution >= 0.6 is 0 Å². The maximum absolute atomic E-state index is 9.98. The molecule has 0 aromatic heterocycles. The van der Waals surface area contributed by atoms with Gasteiger partial charge in [0.25, 0.3) is 0 Å². The molecule has 1 saturated carbocycles. The number of aliphatic hydroxyl groups is 1. The van der Waals surface area contributed by atoms with Gasteiger partial charge in [-0.05, 0) is 38.0 Å².